The minimum absolute atomic E-state index is 0.0425. The van der Waals surface area contributed by atoms with Crippen LogP contribution in [0.15, 0.2) is 153 Å². The highest BCUT2D eigenvalue weighted by atomic mass is 32.2. The second kappa shape index (κ2) is 32.9. The number of alkyl halides is 6. The first-order chi connectivity index (χ1) is 55.6. The summed E-state index contributed by atoms with van der Waals surface area (Å²) >= 11 is 0.585. The molecule has 0 atom stereocenters. The van der Waals surface area contributed by atoms with Crippen molar-refractivity contribution in [2.24, 2.45) is 0 Å². The van der Waals surface area contributed by atoms with Gasteiger partial charge in [-0.1, -0.05) is 136 Å². The highest BCUT2D eigenvalue weighted by Crippen LogP contribution is 2.35. The van der Waals surface area contributed by atoms with Crippen molar-refractivity contribution in [2.75, 3.05) is 52.1 Å². The third-order valence-electron chi connectivity index (χ3n) is 15.1. The molecular formula is C74H80F8N8O4S2. The van der Waals surface area contributed by atoms with E-state index in [4.69, 9.17) is 27.4 Å². The van der Waals surface area contributed by atoms with Crippen LogP contribution in [-0.2, 0) is 85.1 Å². The average Bonchev–Trinajstić information content (AvgIpc) is 0.848. The van der Waals surface area contributed by atoms with Crippen LogP contribution >= 0.6 is 23.5 Å². The van der Waals surface area contributed by atoms with E-state index in [1.165, 1.54) is 23.6 Å². The van der Waals surface area contributed by atoms with Gasteiger partial charge in [-0.25, -0.2) is 8.78 Å². The van der Waals surface area contributed by atoms with Gasteiger partial charge >= 0.3 is 12.4 Å². The zero-order valence-corrected chi connectivity index (χ0v) is 54.0. The van der Waals surface area contributed by atoms with Crippen LogP contribution in [0, 0.1) is 25.5 Å². The number of fused-ring (bicyclic) bond motifs is 2. The first kappa shape index (κ1) is 44.8. The molecule has 0 N–H and O–H groups in total. The summed E-state index contributed by atoms with van der Waals surface area (Å²) in [7, 11) is 0. The number of carbonyl (C=O) groups excluding carboxylic acids is 2. The lowest BCUT2D eigenvalue weighted by molar-refractivity contribution is -0.138. The van der Waals surface area contributed by atoms with Gasteiger partial charge < -0.3 is 28.7 Å². The van der Waals surface area contributed by atoms with E-state index in [1.807, 2.05) is 0 Å². The van der Waals surface area contributed by atoms with Crippen LogP contribution in [0.5, 0.6) is 0 Å². The quantitative estimate of drug-likeness (QED) is 0.0295. The van der Waals surface area contributed by atoms with Gasteiger partial charge in [0.15, 0.2) is 10.3 Å². The Hall–Kier alpha value is -7.92. The Bertz CT molecular complexity index is 5350. The number of likely N-dealkylation sites (N-methyl/N-ethyl adjacent to an activating group) is 2. The van der Waals surface area contributed by atoms with Gasteiger partial charge in [0, 0.05) is 92.2 Å². The molecule has 0 aliphatic heterocycles. The molecule has 0 spiro atoms. The number of carbonyl (C=O) groups is 2. The van der Waals surface area contributed by atoms with Crippen molar-refractivity contribution < 1.29 is 80.4 Å². The first-order valence-corrected chi connectivity index (χ1v) is 31.2. The zero-order chi connectivity index (χ0) is 92.0. The molecule has 8 aromatic rings. The van der Waals surface area contributed by atoms with Crippen molar-refractivity contribution in [3.05, 3.63) is 233 Å². The molecule has 0 unspecified atom stereocenters. The third-order valence-corrected chi connectivity index (χ3v) is 16.7. The van der Waals surface area contributed by atoms with E-state index in [2.05, 4.69) is 9.97 Å². The monoisotopic (exact) mass is 1390 g/mol. The highest BCUT2D eigenvalue weighted by molar-refractivity contribution is 7.98. The van der Waals surface area contributed by atoms with E-state index in [9.17, 15) is 57.7 Å². The van der Waals surface area contributed by atoms with Gasteiger partial charge in [-0.05, 0) is 183 Å². The lowest BCUT2D eigenvalue weighted by atomic mass is 9.97. The largest absolute Gasteiger partial charge is 0.416 e. The number of amides is 2. The molecule has 0 saturated heterocycles. The maximum atomic E-state index is 15.3. The minimum Gasteiger partial charge on any atom is -0.336 e. The third kappa shape index (κ3) is 18.8. The van der Waals surface area contributed by atoms with Gasteiger partial charge in [0.1, 0.15) is 24.7 Å². The lowest BCUT2D eigenvalue weighted by Crippen LogP contribution is -2.40. The summed E-state index contributed by atoms with van der Waals surface area (Å²) in [4.78, 5) is 65.2. The summed E-state index contributed by atoms with van der Waals surface area (Å²) in [5, 5.41) is -1.04. The molecule has 508 valence electrons. The molecule has 2 heterocycles. The molecule has 0 radical (unpaired) electrons. The maximum Gasteiger partial charge on any atom is 0.416 e. The number of halogens is 8. The molecule has 0 fully saturated rings. The fourth-order valence-corrected chi connectivity index (χ4v) is 11.7. The minimum atomic E-state index is -4.79. The summed E-state index contributed by atoms with van der Waals surface area (Å²) in [6.45, 7) is -23.4. The second-order valence-corrected chi connectivity index (χ2v) is 22.9. The fourth-order valence-electron chi connectivity index (χ4n) is 10.2. The van der Waals surface area contributed by atoms with E-state index in [-0.39, 0.29) is 116 Å². The topological polar surface area (TPSA) is 117 Å². The van der Waals surface area contributed by atoms with Gasteiger partial charge in [-0.15, -0.1) is 0 Å². The maximum absolute atomic E-state index is 15.3. The number of aromatic nitrogens is 4. The van der Waals surface area contributed by atoms with E-state index in [0.717, 1.165) is 103 Å². The van der Waals surface area contributed by atoms with Crippen LogP contribution in [0.1, 0.15) is 143 Å². The smallest absolute Gasteiger partial charge is 0.336 e. The lowest BCUT2D eigenvalue weighted by Gasteiger charge is -2.28. The molecular weight excluding hydrogens is 1280 g/mol. The summed E-state index contributed by atoms with van der Waals surface area (Å²) < 4.78 is 338. The standard InChI is InChI=1S/2C37H40F4N4O2S/c2*1-4-43(5-2)19-20-44(22-27-11-18-31(25(3)21-27)28-12-14-29(15-13-28)37(39,40)41)34(46)23-45-33-8-6-7-32(33)35(47)42-36(45)48-24-26-9-16-30(38)17-10-26/h2*9-18,21H,4-8,19-20,22-24H2,1-3H3/i4D2,5D2,11D,18D,19D2,20D2,21D,22D2,23D2,24D2;4D2,5D2,11D,18D,21D,24D2. The zero-order valence-electron chi connectivity index (χ0n) is 78.4. The average molecular weight is 1390 g/mol. The van der Waals surface area contributed by atoms with E-state index in [1.54, 1.807) is 0 Å². The van der Waals surface area contributed by atoms with Crippen molar-refractivity contribution >= 4 is 35.3 Å². The Labute approximate surface area is 600 Å². The molecule has 2 aliphatic rings. The van der Waals surface area contributed by atoms with Crippen molar-refractivity contribution in [3.8, 4) is 22.3 Å². The normalized spacial score (nSPS) is 18.3. The van der Waals surface area contributed by atoms with Crippen LogP contribution in [0.2, 0.25) is 0 Å². The Morgan fingerprint density at radius 1 is 0.542 bits per heavy atom. The fraction of sp³-hybridized carbons (Fsp3) is 0.378. The number of benzene rings is 6. The SMILES string of the molecule is [2H]c1c([2H])c(-c2ccc(C(F)(F)F)cc2)c(C)c([2H])c1CN(CCN(C([2H])([2H])C)C([2H])([2H])C)C(=O)Cn1c(SC([2H])([2H])c2ccc(F)cc2)nc(=O)c2c1CCC2.[2H]c1c([2H])c(C([2H])([2H])N(C(=O)C([2H])([2H])n2c(SC([2H])([2H])c3ccc(F)cc3)nc(=O)c3c2CCC3)C([2H])([2H])C([2H])([2H])N(C([2H])([2H])C)C([2H])([2H])C)c([2H])c(C)c1-c1ccc(C(F)(F)F)cc1. The van der Waals surface area contributed by atoms with Crippen molar-refractivity contribution in [1.82, 2.24) is 38.7 Å². The molecule has 2 aliphatic carbocycles. The number of hydrogen-bond donors (Lipinski definition) is 0. The van der Waals surface area contributed by atoms with Crippen LogP contribution in [0.3, 0.4) is 0 Å². The van der Waals surface area contributed by atoms with E-state index >= 15 is 4.79 Å². The molecule has 0 saturated carbocycles. The summed E-state index contributed by atoms with van der Waals surface area (Å²) in [5.41, 5.74) is -10.5. The van der Waals surface area contributed by atoms with E-state index < -0.39 is 186 Å². The Kier molecular flexibility index (Phi) is 15.4. The Morgan fingerprint density at radius 3 is 1.46 bits per heavy atom. The molecule has 96 heavy (non-hydrogen) atoms. The number of thioether (sulfide) groups is 2. The number of rotatable bonds is 26. The van der Waals surface area contributed by atoms with Gasteiger partial charge in [-0.2, -0.15) is 36.3 Å². The number of hydrogen-bond acceptors (Lipinski definition) is 10. The Morgan fingerprint density at radius 2 is 0.990 bits per heavy atom. The van der Waals surface area contributed by atoms with Crippen molar-refractivity contribution in [3.63, 3.8) is 0 Å². The molecule has 12 nitrogen and oxygen atoms in total. The van der Waals surface area contributed by atoms with Gasteiger partial charge in [0.2, 0.25) is 11.8 Å². The second-order valence-electron chi connectivity index (χ2n) is 21.3. The van der Waals surface area contributed by atoms with Crippen LogP contribution in [-0.4, -0.2) is 103 Å². The van der Waals surface area contributed by atoms with Crippen LogP contribution in [0.4, 0.5) is 35.1 Å². The predicted molar refractivity (Wildman–Crippen MR) is 363 cm³/mol. The summed E-state index contributed by atoms with van der Waals surface area (Å²) in [5.74, 6) is -4.46. The van der Waals surface area contributed by atoms with Gasteiger partial charge in [-0.3, -0.25) is 19.2 Å². The van der Waals surface area contributed by atoms with E-state index in [0.29, 0.717) is 72.8 Å². The Balaban J connectivity index is 0.000000279. The van der Waals surface area contributed by atoms with Crippen molar-refractivity contribution in [1.29, 1.82) is 0 Å². The molecule has 2 aromatic heterocycles. The van der Waals surface area contributed by atoms with Crippen LogP contribution < -0.4 is 11.1 Å². The number of nitrogens with zero attached hydrogens (tertiary/aromatic N) is 8. The molecule has 10 rings (SSSR count). The van der Waals surface area contributed by atoms with Gasteiger partial charge in [0.25, 0.3) is 11.1 Å². The molecule has 6 aromatic carbocycles. The summed E-state index contributed by atoms with van der Waals surface area (Å²) in [6.07, 6.45) is -8.24. The molecule has 0 bridgehead atoms. The molecule has 2 amide bonds. The first-order valence-electron chi connectivity index (χ1n) is 42.6. The van der Waals surface area contributed by atoms with Crippen LogP contribution in [0.25, 0.3) is 22.3 Å². The predicted octanol–water partition coefficient (Wildman–Crippen LogP) is 15.1. The van der Waals surface area contributed by atoms with Crippen molar-refractivity contribution in [2.45, 2.75) is 140 Å². The van der Waals surface area contributed by atoms with Gasteiger partial charge in [0.05, 0.1) is 27.6 Å². The highest BCUT2D eigenvalue weighted by Gasteiger charge is 2.32. The molecule has 22 heteroatoms. The summed E-state index contributed by atoms with van der Waals surface area (Å²) in [6, 6.07) is 11.0.